The number of fused-ring (bicyclic) bond motifs is 2. The molecule has 2 fully saturated rings. The first-order valence-corrected chi connectivity index (χ1v) is 17.8. The van der Waals surface area contributed by atoms with Crippen LogP contribution in [0.25, 0.3) is 16.8 Å². The van der Waals surface area contributed by atoms with Crippen LogP contribution in [-0.4, -0.2) is 13.7 Å². The largest absolute Gasteiger partial charge is 0.383 e. The van der Waals surface area contributed by atoms with Crippen molar-refractivity contribution in [1.29, 1.82) is 5.26 Å². The maximum absolute atomic E-state index is 10.3. The molecule has 0 amide bonds. The summed E-state index contributed by atoms with van der Waals surface area (Å²) in [7, 11) is 2.19. The number of nitriles is 1. The highest BCUT2D eigenvalue weighted by molar-refractivity contribution is 6.32. The van der Waals surface area contributed by atoms with Crippen LogP contribution in [0.1, 0.15) is 66.8 Å². The molecule has 2 aliphatic rings. The van der Waals surface area contributed by atoms with Crippen LogP contribution in [0.5, 0.6) is 0 Å². The van der Waals surface area contributed by atoms with Gasteiger partial charge in [0.15, 0.2) is 0 Å². The van der Waals surface area contributed by atoms with Crippen LogP contribution in [0.4, 0.5) is 0 Å². The lowest BCUT2D eigenvalue weighted by atomic mass is 9.49. The molecule has 0 spiro atoms. The second-order valence-electron chi connectivity index (χ2n) is 14.2. The average Bonchev–Trinajstić information content (AvgIpc) is 3.15. The molecule has 0 heterocycles. The molecular formula is C45H44BN3. The minimum absolute atomic E-state index is 0.0375. The molecule has 242 valence electrons. The Morgan fingerprint density at radius 2 is 1.35 bits per heavy atom. The van der Waals surface area contributed by atoms with Gasteiger partial charge in [-0.15, -0.1) is 0 Å². The van der Waals surface area contributed by atoms with E-state index in [0.29, 0.717) is 35.4 Å². The standard InChI is InChI=1S/C45H44BN3/c1-31-27-33-11-8-14-41(29-33)45(31,40-23-25-42(46)26-24-40)39-21-19-35(20-22-39)34-15-17-36(18-16-34)43(49-44(48)37-12-6-3-7-13-37)38(30-47)28-32-9-4-2-5-10-32/h2-7,9-10,12-13,15-26,31,33,41H,8,11,14,27-29,46H2,1H3,(H2,48,49)/b43-38+. The van der Waals surface area contributed by atoms with E-state index < -0.39 is 0 Å². The highest BCUT2D eigenvalue weighted by Crippen LogP contribution is 2.57. The summed E-state index contributed by atoms with van der Waals surface area (Å²) in [6.07, 6.45) is 7.16. The van der Waals surface area contributed by atoms with Gasteiger partial charge in [-0.3, -0.25) is 0 Å². The van der Waals surface area contributed by atoms with E-state index in [1.165, 1.54) is 54.3 Å². The van der Waals surface area contributed by atoms with E-state index in [2.05, 4.69) is 93.6 Å². The minimum atomic E-state index is 0.0375. The lowest BCUT2D eigenvalue weighted by molar-refractivity contribution is 0.0642. The normalized spacial score (nSPS) is 22.5. The van der Waals surface area contributed by atoms with Gasteiger partial charge >= 0.3 is 0 Å². The molecule has 2 bridgehead atoms. The van der Waals surface area contributed by atoms with Gasteiger partial charge in [0.25, 0.3) is 0 Å². The van der Waals surface area contributed by atoms with E-state index in [1.807, 2.05) is 60.7 Å². The Bertz CT molecular complexity index is 1990. The first kappa shape index (κ1) is 32.4. The minimum Gasteiger partial charge on any atom is -0.383 e. The van der Waals surface area contributed by atoms with Gasteiger partial charge in [0.1, 0.15) is 13.7 Å². The van der Waals surface area contributed by atoms with Gasteiger partial charge < -0.3 is 5.73 Å². The molecule has 7 rings (SSSR count). The number of rotatable bonds is 8. The number of hydrogen-bond acceptors (Lipinski definition) is 2. The van der Waals surface area contributed by atoms with Crippen LogP contribution in [-0.2, 0) is 11.8 Å². The molecule has 0 aromatic heterocycles. The summed E-state index contributed by atoms with van der Waals surface area (Å²) in [4.78, 5) is 4.88. The Morgan fingerprint density at radius 3 is 1.98 bits per heavy atom. The lowest BCUT2D eigenvalue weighted by Crippen LogP contribution is -2.49. The van der Waals surface area contributed by atoms with Crippen molar-refractivity contribution in [3.8, 4) is 17.2 Å². The van der Waals surface area contributed by atoms with Gasteiger partial charge in [0.2, 0.25) is 0 Å². The fraction of sp³-hybridized carbons (Fsp3) is 0.244. The zero-order valence-corrected chi connectivity index (χ0v) is 28.6. The number of allylic oxidation sites excluding steroid dienone is 1. The van der Waals surface area contributed by atoms with E-state index in [0.717, 1.165) is 28.2 Å². The summed E-state index contributed by atoms with van der Waals surface area (Å²) in [6, 6.07) is 49.5. The van der Waals surface area contributed by atoms with E-state index in [-0.39, 0.29) is 5.41 Å². The summed E-state index contributed by atoms with van der Waals surface area (Å²) < 4.78 is 0. The maximum Gasteiger partial charge on any atom is 0.139 e. The molecule has 49 heavy (non-hydrogen) atoms. The van der Waals surface area contributed by atoms with E-state index in [9.17, 15) is 5.26 Å². The van der Waals surface area contributed by atoms with Crippen LogP contribution in [0.2, 0.25) is 0 Å². The molecule has 0 saturated heterocycles. The number of amidine groups is 1. The molecule has 4 atom stereocenters. The lowest BCUT2D eigenvalue weighted by Gasteiger charge is -2.54. The summed E-state index contributed by atoms with van der Waals surface area (Å²) in [5, 5.41) is 10.3. The predicted molar refractivity (Wildman–Crippen MR) is 206 cm³/mol. The molecule has 2 N–H and O–H groups in total. The van der Waals surface area contributed by atoms with E-state index in [4.69, 9.17) is 10.7 Å². The molecule has 5 aromatic carbocycles. The molecule has 0 radical (unpaired) electrons. The maximum atomic E-state index is 10.3. The molecule has 2 saturated carbocycles. The summed E-state index contributed by atoms with van der Waals surface area (Å²) in [5.41, 5.74) is 17.1. The fourth-order valence-corrected chi connectivity index (χ4v) is 8.88. The van der Waals surface area contributed by atoms with Crippen molar-refractivity contribution >= 4 is 24.8 Å². The third kappa shape index (κ3) is 6.51. The average molecular weight is 638 g/mol. The fourth-order valence-electron chi connectivity index (χ4n) is 8.88. The SMILES string of the molecule is Bc1ccc(C2(c3ccc(-c4ccc(C(/N=C(\N)c5ccccc5)=C(\C#N)Cc5ccccc5)cc4)cc3)C(C)CC3CCCC2C3)cc1. The number of nitrogens with zero attached hydrogens (tertiary/aromatic N) is 2. The Hall–Kier alpha value is -5.14. The zero-order valence-electron chi connectivity index (χ0n) is 28.6. The van der Waals surface area contributed by atoms with Crippen LogP contribution < -0.4 is 11.2 Å². The Morgan fingerprint density at radius 1 is 0.755 bits per heavy atom. The molecule has 5 aromatic rings. The van der Waals surface area contributed by atoms with Crippen LogP contribution in [0, 0.1) is 29.1 Å². The molecule has 4 unspecified atom stereocenters. The van der Waals surface area contributed by atoms with E-state index in [1.54, 1.807) is 0 Å². The van der Waals surface area contributed by atoms with Crippen LogP contribution >= 0.6 is 0 Å². The highest BCUT2D eigenvalue weighted by Gasteiger charge is 2.51. The quantitative estimate of drug-likeness (QED) is 0.0802. The Balaban J connectivity index is 1.24. The van der Waals surface area contributed by atoms with Crippen LogP contribution in [0.3, 0.4) is 0 Å². The van der Waals surface area contributed by atoms with Crippen molar-refractivity contribution in [3.05, 3.63) is 167 Å². The first-order valence-electron chi connectivity index (χ1n) is 17.8. The van der Waals surface area contributed by atoms with Gasteiger partial charge in [-0.2, -0.15) is 5.26 Å². The summed E-state index contributed by atoms with van der Waals surface area (Å²) in [6.45, 7) is 2.50. The monoisotopic (exact) mass is 637 g/mol. The topological polar surface area (TPSA) is 62.2 Å². The molecule has 4 heteroatoms. The van der Waals surface area contributed by atoms with Gasteiger partial charge in [-0.1, -0.05) is 159 Å². The molecular weight excluding hydrogens is 593 g/mol. The Labute approximate surface area is 292 Å². The van der Waals surface area contributed by atoms with Crippen molar-refractivity contribution in [2.24, 2.45) is 28.5 Å². The molecule has 2 aliphatic carbocycles. The van der Waals surface area contributed by atoms with Crippen molar-refractivity contribution in [1.82, 2.24) is 0 Å². The summed E-state index contributed by atoms with van der Waals surface area (Å²) >= 11 is 0. The van der Waals surface area contributed by atoms with Gasteiger partial charge in [-0.25, -0.2) is 4.99 Å². The van der Waals surface area contributed by atoms with Crippen molar-refractivity contribution in [2.75, 3.05) is 0 Å². The molecule has 3 nitrogen and oxygen atoms in total. The summed E-state index contributed by atoms with van der Waals surface area (Å²) in [5.74, 6) is 2.51. The number of benzene rings is 5. The first-order chi connectivity index (χ1) is 23.9. The third-order valence-corrected chi connectivity index (χ3v) is 11.2. The molecule has 0 aliphatic heterocycles. The highest BCUT2D eigenvalue weighted by atomic mass is 14.9. The van der Waals surface area contributed by atoms with Gasteiger partial charge in [-0.05, 0) is 64.8 Å². The second-order valence-corrected chi connectivity index (χ2v) is 14.2. The number of aliphatic imine (C=N–C) groups is 1. The van der Waals surface area contributed by atoms with Crippen LogP contribution in [0.15, 0.2) is 144 Å². The van der Waals surface area contributed by atoms with Crippen molar-refractivity contribution in [3.63, 3.8) is 0 Å². The third-order valence-electron chi connectivity index (χ3n) is 11.2. The predicted octanol–water partition coefficient (Wildman–Crippen LogP) is 8.63. The van der Waals surface area contributed by atoms with E-state index >= 15 is 0 Å². The smallest absolute Gasteiger partial charge is 0.139 e. The second kappa shape index (κ2) is 14.2. The number of hydrogen-bond donors (Lipinski definition) is 1. The van der Waals surface area contributed by atoms with Gasteiger partial charge in [0.05, 0.1) is 17.3 Å². The number of nitrogens with two attached hydrogens (primary N) is 1. The Kier molecular flexibility index (Phi) is 9.36. The van der Waals surface area contributed by atoms with Crippen molar-refractivity contribution < 1.29 is 0 Å². The van der Waals surface area contributed by atoms with Crippen molar-refractivity contribution in [2.45, 2.75) is 50.9 Å². The van der Waals surface area contributed by atoms with Gasteiger partial charge in [0, 0.05) is 23.0 Å². The zero-order chi connectivity index (χ0) is 33.8.